The lowest BCUT2D eigenvalue weighted by Gasteiger charge is -2.11. The summed E-state index contributed by atoms with van der Waals surface area (Å²) in [6.07, 6.45) is 1.67. The highest BCUT2D eigenvalue weighted by Gasteiger charge is 2.09. The maximum Gasteiger partial charge on any atom is 0.223 e. The fraction of sp³-hybridized carbons (Fsp3) is 0.214. The molecule has 3 nitrogen and oxygen atoms in total. The van der Waals surface area contributed by atoms with Crippen LogP contribution >= 0.6 is 11.6 Å². The highest BCUT2D eigenvalue weighted by Crippen LogP contribution is 2.32. The van der Waals surface area contributed by atoms with Gasteiger partial charge in [0, 0.05) is 11.8 Å². The van der Waals surface area contributed by atoms with Crippen molar-refractivity contribution in [3.63, 3.8) is 0 Å². The third-order valence-corrected chi connectivity index (χ3v) is 2.81. The van der Waals surface area contributed by atoms with Crippen molar-refractivity contribution in [1.29, 1.82) is 0 Å². The molecule has 1 heterocycles. The highest BCUT2D eigenvalue weighted by molar-refractivity contribution is 6.17. The van der Waals surface area contributed by atoms with Gasteiger partial charge in [-0.15, -0.1) is 11.6 Å². The number of aryl methyl sites for hydroxylation is 1. The van der Waals surface area contributed by atoms with Gasteiger partial charge in [-0.25, -0.2) is 4.98 Å². The predicted octanol–water partition coefficient (Wildman–Crippen LogP) is 3.93. The van der Waals surface area contributed by atoms with Crippen LogP contribution in [0.3, 0.4) is 0 Å². The molecule has 0 N–H and O–H groups in total. The minimum absolute atomic E-state index is 0.358. The Labute approximate surface area is 111 Å². The fourth-order valence-electron chi connectivity index (χ4n) is 1.58. The molecule has 1 aromatic carbocycles. The molecule has 0 aliphatic rings. The molecular formula is C14H14ClNO2. The summed E-state index contributed by atoms with van der Waals surface area (Å²) in [7, 11) is 1.61. The van der Waals surface area contributed by atoms with Crippen LogP contribution in [0, 0.1) is 6.92 Å². The number of methoxy groups -OCH3 is 1. The van der Waals surface area contributed by atoms with Gasteiger partial charge in [0.25, 0.3) is 0 Å². The second kappa shape index (κ2) is 5.74. The van der Waals surface area contributed by atoms with Crippen LogP contribution in [0.25, 0.3) is 0 Å². The zero-order valence-electron chi connectivity index (χ0n) is 10.3. The molecule has 0 radical (unpaired) electrons. The number of alkyl halides is 1. The molecule has 18 heavy (non-hydrogen) atoms. The molecule has 0 atom stereocenters. The lowest BCUT2D eigenvalue weighted by atomic mass is 10.2. The highest BCUT2D eigenvalue weighted by atomic mass is 35.5. The Kier molecular flexibility index (Phi) is 4.05. The van der Waals surface area contributed by atoms with Gasteiger partial charge in [0.15, 0.2) is 11.5 Å². The molecule has 0 fully saturated rings. The molecule has 1 aromatic heterocycles. The van der Waals surface area contributed by atoms with E-state index in [4.69, 9.17) is 21.1 Å². The van der Waals surface area contributed by atoms with Crippen LogP contribution in [-0.2, 0) is 5.88 Å². The van der Waals surface area contributed by atoms with Crippen LogP contribution in [-0.4, -0.2) is 12.1 Å². The summed E-state index contributed by atoms with van der Waals surface area (Å²) in [5.74, 6) is 2.18. The number of rotatable bonds is 4. The smallest absolute Gasteiger partial charge is 0.223 e. The second-order valence-corrected chi connectivity index (χ2v) is 4.12. The van der Waals surface area contributed by atoms with Gasteiger partial charge < -0.3 is 9.47 Å². The summed E-state index contributed by atoms with van der Waals surface area (Å²) in [6, 6.07) is 9.45. The van der Waals surface area contributed by atoms with E-state index in [1.165, 1.54) is 0 Å². The van der Waals surface area contributed by atoms with Gasteiger partial charge in [-0.1, -0.05) is 12.1 Å². The minimum atomic E-state index is 0.358. The number of halogens is 1. The normalized spacial score (nSPS) is 10.2. The van der Waals surface area contributed by atoms with Crippen molar-refractivity contribution in [3.8, 4) is 17.4 Å². The van der Waals surface area contributed by atoms with E-state index in [1.807, 2.05) is 37.3 Å². The first-order valence-corrected chi connectivity index (χ1v) is 6.10. The van der Waals surface area contributed by atoms with E-state index in [0.717, 1.165) is 11.1 Å². The standard InChI is InChI=1S/C14H14ClNO2/c1-10-5-6-12(13(8-10)17-2)18-14-11(9-15)4-3-7-16-14/h3-8H,9H2,1-2H3. The Bertz CT molecular complexity index is 543. The first-order chi connectivity index (χ1) is 8.74. The van der Waals surface area contributed by atoms with E-state index in [9.17, 15) is 0 Å². The molecule has 2 rings (SSSR count). The lowest BCUT2D eigenvalue weighted by molar-refractivity contribution is 0.372. The van der Waals surface area contributed by atoms with Crippen LogP contribution < -0.4 is 9.47 Å². The Morgan fingerprint density at radius 1 is 1.22 bits per heavy atom. The van der Waals surface area contributed by atoms with Gasteiger partial charge in [0.1, 0.15) is 0 Å². The molecule has 4 heteroatoms. The lowest BCUT2D eigenvalue weighted by Crippen LogP contribution is -1.95. The molecule has 0 unspecified atom stereocenters. The first-order valence-electron chi connectivity index (χ1n) is 5.57. The van der Waals surface area contributed by atoms with Crippen molar-refractivity contribution < 1.29 is 9.47 Å². The summed E-state index contributed by atoms with van der Waals surface area (Å²) in [6.45, 7) is 2.00. The monoisotopic (exact) mass is 263 g/mol. The number of hydrogen-bond donors (Lipinski definition) is 0. The summed E-state index contributed by atoms with van der Waals surface area (Å²) < 4.78 is 11.0. The van der Waals surface area contributed by atoms with E-state index in [0.29, 0.717) is 23.3 Å². The third kappa shape index (κ3) is 2.74. The van der Waals surface area contributed by atoms with Gasteiger partial charge in [0.05, 0.1) is 13.0 Å². The van der Waals surface area contributed by atoms with Gasteiger partial charge in [-0.05, 0) is 30.7 Å². The molecule has 0 spiro atoms. The Morgan fingerprint density at radius 2 is 2.06 bits per heavy atom. The van der Waals surface area contributed by atoms with Gasteiger partial charge in [0.2, 0.25) is 5.88 Å². The van der Waals surface area contributed by atoms with E-state index in [-0.39, 0.29) is 0 Å². The molecule has 0 aliphatic carbocycles. The van der Waals surface area contributed by atoms with E-state index in [2.05, 4.69) is 4.98 Å². The summed E-state index contributed by atoms with van der Waals surface area (Å²) in [5, 5.41) is 0. The fourth-order valence-corrected chi connectivity index (χ4v) is 1.78. The zero-order valence-corrected chi connectivity index (χ0v) is 11.1. The Balaban J connectivity index is 2.33. The quantitative estimate of drug-likeness (QED) is 0.783. The summed E-state index contributed by atoms with van der Waals surface area (Å²) in [5.41, 5.74) is 1.96. The van der Waals surface area contributed by atoms with Crippen molar-refractivity contribution in [3.05, 3.63) is 47.7 Å². The summed E-state index contributed by atoms with van der Waals surface area (Å²) in [4.78, 5) is 4.18. The maximum atomic E-state index is 5.85. The molecular weight excluding hydrogens is 250 g/mol. The number of benzene rings is 1. The van der Waals surface area contributed by atoms with Crippen molar-refractivity contribution in [2.24, 2.45) is 0 Å². The van der Waals surface area contributed by atoms with Crippen LogP contribution in [0.5, 0.6) is 17.4 Å². The average molecular weight is 264 g/mol. The van der Waals surface area contributed by atoms with Crippen molar-refractivity contribution in [1.82, 2.24) is 4.98 Å². The molecule has 0 saturated carbocycles. The SMILES string of the molecule is COc1cc(C)ccc1Oc1ncccc1CCl. The van der Waals surface area contributed by atoms with E-state index < -0.39 is 0 Å². The molecule has 0 amide bonds. The second-order valence-electron chi connectivity index (χ2n) is 3.86. The Morgan fingerprint density at radius 3 is 2.78 bits per heavy atom. The number of hydrogen-bond acceptors (Lipinski definition) is 3. The zero-order chi connectivity index (χ0) is 13.0. The van der Waals surface area contributed by atoms with Crippen molar-refractivity contribution in [2.75, 3.05) is 7.11 Å². The molecule has 2 aromatic rings. The maximum absolute atomic E-state index is 5.85. The number of pyridine rings is 1. The molecule has 0 aliphatic heterocycles. The van der Waals surface area contributed by atoms with Crippen LogP contribution in [0.1, 0.15) is 11.1 Å². The Hall–Kier alpha value is -1.74. The largest absolute Gasteiger partial charge is 0.493 e. The number of aromatic nitrogens is 1. The van der Waals surface area contributed by atoms with Crippen LogP contribution in [0.2, 0.25) is 0 Å². The average Bonchev–Trinajstić information content (AvgIpc) is 2.41. The first kappa shape index (κ1) is 12.7. The topological polar surface area (TPSA) is 31.4 Å². The van der Waals surface area contributed by atoms with Crippen LogP contribution in [0.4, 0.5) is 0 Å². The van der Waals surface area contributed by atoms with E-state index in [1.54, 1.807) is 13.3 Å². The molecule has 0 bridgehead atoms. The van der Waals surface area contributed by atoms with Crippen molar-refractivity contribution in [2.45, 2.75) is 12.8 Å². The van der Waals surface area contributed by atoms with Crippen LogP contribution in [0.15, 0.2) is 36.5 Å². The van der Waals surface area contributed by atoms with Gasteiger partial charge >= 0.3 is 0 Å². The predicted molar refractivity (Wildman–Crippen MR) is 71.6 cm³/mol. The minimum Gasteiger partial charge on any atom is -0.493 e. The van der Waals surface area contributed by atoms with Crippen molar-refractivity contribution >= 4 is 11.6 Å². The van der Waals surface area contributed by atoms with Gasteiger partial charge in [-0.3, -0.25) is 0 Å². The number of ether oxygens (including phenoxy) is 2. The number of nitrogens with zero attached hydrogens (tertiary/aromatic N) is 1. The van der Waals surface area contributed by atoms with E-state index >= 15 is 0 Å². The molecule has 94 valence electrons. The summed E-state index contributed by atoms with van der Waals surface area (Å²) >= 11 is 5.85. The van der Waals surface area contributed by atoms with Gasteiger partial charge in [-0.2, -0.15) is 0 Å². The molecule has 0 saturated heterocycles. The third-order valence-electron chi connectivity index (χ3n) is 2.52.